The summed E-state index contributed by atoms with van der Waals surface area (Å²) in [7, 11) is -3.60. The second kappa shape index (κ2) is 2.12. The van der Waals surface area contributed by atoms with Crippen LogP contribution in [-0.4, -0.2) is 31.9 Å². The van der Waals surface area contributed by atoms with Crippen LogP contribution in [0.1, 0.15) is 0 Å². The molecule has 0 atom stereocenters. The number of nitrogens with two attached hydrogens (primary N) is 1. The van der Waals surface area contributed by atoms with Crippen molar-refractivity contribution in [3.8, 4) is 0 Å². The molecular formula is H4NO3SSb. The third kappa shape index (κ3) is 4.69. The molecule has 0 fully saturated rings. The van der Waals surface area contributed by atoms with Gasteiger partial charge in [0.1, 0.15) is 0 Å². The first-order valence-corrected chi connectivity index (χ1v) is 3.79. The van der Waals surface area contributed by atoms with Crippen LogP contribution in [-0.2, 0) is 12.8 Å². The Morgan fingerprint density at radius 2 is 1.83 bits per heavy atom. The van der Waals surface area contributed by atoms with Gasteiger partial charge in [-0.3, -0.25) is 0 Å². The van der Waals surface area contributed by atoms with Gasteiger partial charge in [-0.1, -0.05) is 0 Å². The van der Waals surface area contributed by atoms with Crippen LogP contribution >= 0.6 is 0 Å². The van der Waals surface area contributed by atoms with Crippen LogP contribution in [0.4, 0.5) is 0 Å². The summed E-state index contributed by atoms with van der Waals surface area (Å²) in [6.07, 6.45) is 0. The van der Waals surface area contributed by atoms with Crippen molar-refractivity contribution in [2.45, 2.75) is 0 Å². The van der Waals surface area contributed by atoms with Gasteiger partial charge in [0.05, 0.1) is 0 Å². The minimum absolute atomic E-state index is 0.190. The molecule has 0 heterocycles. The van der Waals surface area contributed by atoms with E-state index in [0.29, 0.717) is 0 Å². The molecule has 0 spiro atoms. The van der Waals surface area contributed by atoms with Crippen LogP contribution in [0.5, 0.6) is 0 Å². The zero-order valence-corrected chi connectivity index (χ0v) is 6.90. The molecule has 0 rings (SSSR count). The van der Waals surface area contributed by atoms with Crippen molar-refractivity contribution in [2.75, 3.05) is 0 Å². The summed E-state index contributed by atoms with van der Waals surface area (Å²) in [5.41, 5.74) is 0. The molecule has 0 aliphatic rings. The molecule has 4 nitrogen and oxygen atoms in total. The van der Waals surface area contributed by atoms with Crippen LogP contribution in [0.25, 0.3) is 0 Å². The molecular weight excluding hydrogens is 216 g/mol. The van der Waals surface area contributed by atoms with Gasteiger partial charge in [-0.2, -0.15) is 0 Å². The Balaban J connectivity index is 3.85. The Morgan fingerprint density at radius 3 is 1.83 bits per heavy atom. The van der Waals surface area contributed by atoms with Gasteiger partial charge in [0.25, 0.3) is 0 Å². The SMILES string of the molecule is NS(=O)(=O)[O][SbH2]. The summed E-state index contributed by atoms with van der Waals surface area (Å²) in [5.74, 6) is 0. The predicted octanol–water partition coefficient (Wildman–Crippen LogP) is -2.25. The van der Waals surface area contributed by atoms with Crippen LogP contribution < -0.4 is 5.14 Å². The molecule has 0 amide bonds. The third-order valence-corrected chi connectivity index (χ3v) is 2.70. The van der Waals surface area contributed by atoms with Crippen molar-refractivity contribution >= 4 is 33.7 Å². The van der Waals surface area contributed by atoms with Gasteiger partial charge in [0.2, 0.25) is 0 Å². The number of hydrogen-bond donors (Lipinski definition) is 1. The topological polar surface area (TPSA) is 69.4 Å². The van der Waals surface area contributed by atoms with Crippen molar-refractivity contribution in [3.05, 3.63) is 0 Å². The molecule has 0 aromatic carbocycles. The molecule has 0 unspecified atom stereocenters. The molecule has 0 aliphatic heterocycles. The molecule has 6 heavy (non-hydrogen) atoms. The van der Waals surface area contributed by atoms with Gasteiger partial charge in [-0.05, 0) is 0 Å². The van der Waals surface area contributed by atoms with Crippen molar-refractivity contribution in [2.24, 2.45) is 5.14 Å². The van der Waals surface area contributed by atoms with Crippen molar-refractivity contribution in [1.29, 1.82) is 0 Å². The molecule has 0 bridgehead atoms. The van der Waals surface area contributed by atoms with Gasteiger partial charge in [-0.25, -0.2) is 0 Å². The zero-order chi connectivity index (χ0) is 5.21. The Morgan fingerprint density at radius 1 is 1.67 bits per heavy atom. The fourth-order valence-electron chi connectivity index (χ4n) is 0. The Labute approximate surface area is 50.0 Å². The molecule has 0 saturated carbocycles. The van der Waals surface area contributed by atoms with E-state index < -0.39 is 10.3 Å². The van der Waals surface area contributed by atoms with Gasteiger partial charge in [-0.15, -0.1) is 0 Å². The van der Waals surface area contributed by atoms with E-state index in [1.54, 1.807) is 0 Å². The van der Waals surface area contributed by atoms with E-state index in [0.717, 1.165) is 0 Å². The molecule has 0 radical (unpaired) electrons. The first kappa shape index (κ1) is 6.69. The average molecular weight is 220 g/mol. The van der Waals surface area contributed by atoms with Gasteiger partial charge in [0, 0.05) is 0 Å². The number of hydrogen-bond acceptors (Lipinski definition) is 3. The molecule has 2 N–H and O–H groups in total. The van der Waals surface area contributed by atoms with Gasteiger partial charge < -0.3 is 0 Å². The first-order valence-electron chi connectivity index (χ1n) is 0.971. The second-order valence-corrected chi connectivity index (χ2v) is 3.41. The van der Waals surface area contributed by atoms with Crippen molar-refractivity contribution in [1.82, 2.24) is 0 Å². The normalized spacial score (nSPS) is 11.7. The summed E-state index contributed by atoms with van der Waals surface area (Å²) < 4.78 is 23.0. The Hall–Kier alpha value is 0.688. The van der Waals surface area contributed by atoms with Crippen LogP contribution in [0.3, 0.4) is 0 Å². The zero-order valence-electron chi connectivity index (χ0n) is 2.79. The number of rotatable bonds is 1. The van der Waals surface area contributed by atoms with E-state index in [2.05, 4.69) is 7.60 Å². The predicted molar refractivity (Wildman–Crippen MR) is 22.7 cm³/mol. The second-order valence-electron chi connectivity index (χ2n) is 0.589. The fourth-order valence-corrected chi connectivity index (χ4v) is 0. The van der Waals surface area contributed by atoms with E-state index in [-0.39, 0.29) is 23.4 Å². The van der Waals surface area contributed by atoms with Crippen molar-refractivity contribution < 1.29 is 10.9 Å². The van der Waals surface area contributed by atoms with Crippen LogP contribution in [0.2, 0.25) is 0 Å². The van der Waals surface area contributed by atoms with Gasteiger partial charge in [0.15, 0.2) is 0 Å². The maximum atomic E-state index is 9.59. The molecule has 6 heteroatoms. The van der Waals surface area contributed by atoms with E-state index in [4.69, 9.17) is 0 Å². The molecule has 0 aromatic heterocycles. The van der Waals surface area contributed by atoms with Crippen LogP contribution in [0, 0.1) is 0 Å². The standard InChI is InChI=1S/H3NO3S.Sb.2H/c1-5(2,3)4;;;/h(H3,1,2,3,4);;;/q;+1;;/p-1. The Bertz CT molecular complexity index is 113. The monoisotopic (exact) mass is 219 g/mol. The minimum atomic E-state index is -3.60. The van der Waals surface area contributed by atoms with E-state index >= 15 is 0 Å². The quantitative estimate of drug-likeness (QED) is 0.507. The van der Waals surface area contributed by atoms with Crippen LogP contribution in [0.15, 0.2) is 0 Å². The van der Waals surface area contributed by atoms with E-state index in [1.165, 1.54) is 0 Å². The summed E-state index contributed by atoms with van der Waals surface area (Å²) in [6.45, 7) is 0. The Kier molecular flexibility index (Phi) is 2.36. The van der Waals surface area contributed by atoms with E-state index in [1.807, 2.05) is 0 Å². The van der Waals surface area contributed by atoms with E-state index in [9.17, 15) is 8.42 Å². The molecule has 0 saturated heterocycles. The summed E-state index contributed by atoms with van der Waals surface area (Å²) in [5, 5.41) is 4.32. The summed E-state index contributed by atoms with van der Waals surface area (Å²) in [6, 6.07) is 0. The first-order chi connectivity index (χ1) is 2.56. The van der Waals surface area contributed by atoms with Gasteiger partial charge >= 0.3 is 49.8 Å². The third-order valence-electron chi connectivity index (χ3n) is 0.134. The molecule has 0 aromatic rings. The average Bonchev–Trinajstić information content (AvgIpc) is 1.35. The summed E-state index contributed by atoms with van der Waals surface area (Å²) in [4.78, 5) is 0. The molecule has 38 valence electrons. The van der Waals surface area contributed by atoms with Crippen molar-refractivity contribution in [3.63, 3.8) is 0 Å². The molecule has 0 aliphatic carbocycles. The maximum absolute atomic E-state index is 9.59. The summed E-state index contributed by atoms with van der Waals surface area (Å²) >= 11 is 0.190. The fraction of sp³-hybridized carbons (Fsp3) is 0.